The van der Waals surface area contributed by atoms with Crippen molar-refractivity contribution in [3.63, 3.8) is 0 Å². The summed E-state index contributed by atoms with van der Waals surface area (Å²) < 4.78 is 7.23. The highest BCUT2D eigenvalue weighted by Crippen LogP contribution is 2.21. The van der Waals surface area contributed by atoms with E-state index in [0.717, 1.165) is 23.8 Å². The number of guanidine groups is 1. The number of aromatic nitrogens is 4. The lowest BCUT2D eigenvalue weighted by atomic mass is 10.1. The molecule has 0 aliphatic rings. The molecule has 0 amide bonds. The van der Waals surface area contributed by atoms with Gasteiger partial charge in [0, 0.05) is 49.5 Å². The number of nitrogens with one attached hydrogen (secondary N) is 1. The molecular weight excluding hydrogens is 402 g/mol. The number of hydrogen-bond acceptors (Lipinski definition) is 5. The normalized spacial score (nSPS) is 11.9. The molecule has 0 bridgehead atoms. The van der Waals surface area contributed by atoms with E-state index in [0.29, 0.717) is 29.2 Å². The highest BCUT2D eigenvalue weighted by Gasteiger charge is 2.16. The zero-order valence-electron chi connectivity index (χ0n) is 18.1. The van der Waals surface area contributed by atoms with Gasteiger partial charge in [-0.05, 0) is 25.0 Å². The second kappa shape index (κ2) is 9.75. The predicted octanol–water partition coefficient (Wildman–Crippen LogP) is 3.84. The number of aliphatic imine (C=N–C) groups is 1. The van der Waals surface area contributed by atoms with E-state index in [1.54, 1.807) is 6.07 Å². The van der Waals surface area contributed by atoms with E-state index in [1.165, 1.54) is 5.56 Å². The van der Waals surface area contributed by atoms with Crippen LogP contribution in [0.25, 0.3) is 11.4 Å². The summed E-state index contributed by atoms with van der Waals surface area (Å²) in [5.74, 6) is 2.06. The number of rotatable bonds is 7. The summed E-state index contributed by atoms with van der Waals surface area (Å²) >= 11 is 6.04. The van der Waals surface area contributed by atoms with Gasteiger partial charge in [-0.3, -0.25) is 4.68 Å². The lowest BCUT2D eigenvalue weighted by Crippen LogP contribution is -2.38. The maximum absolute atomic E-state index is 6.04. The molecule has 0 spiro atoms. The Labute approximate surface area is 181 Å². The van der Waals surface area contributed by atoms with Gasteiger partial charge in [-0.15, -0.1) is 0 Å². The largest absolute Gasteiger partial charge is 0.357 e. The molecule has 160 valence electrons. The van der Waals surface area contributed by atoms with Crippen molar-refractivity contribution < 1.29 is 4.52 Å². The lowest BCUT2D eigenvalue weighted by molar-refractivity contribution is 0.379. The Morgan fingerprint density at radius 3 is 2.87 bits per heavy atom. The van der Waals surface area contributed by atoms with Crippen LogP contribution in [0.3, 0.4) is 0 Å². The van der Waals surface area contributed by atoms with Crippen LogP contribution in [-0.2, 0) is 20.1 Å². The van der Waals surface area contributed by atoms with Gasteiger partial charge in [0.15, 0.2) is 5.96 Å². The maximum Gasteiger partial charge on any atom is 0.248 e. The Balaban J connectivity index is 1.73. The van der Waals surface area contributed by atoms with Crippen molar-refractivity contribution >= 4 is 17.6 Å². The van der Waals surface area contributed by atoms with E-state index in [-0.39, 0.29) is 6.54 Å². The molecule has 8 nitrogen and oxygen atoms in total. The summed E-state index contributed by atoms with van der Waals surface area (Å²) in [5, 5.41) is 12.6. The minimum atomic E-state index is 0.282. The third-order valence-electron chi connectivity index (χ3n) is 4.50. The molecular formula is C21H28ClN7O. The zero-order chi connectivity index (χ0) is 21.7. The average molecular weight is 430 g/mol. The summed E-state index contributed by atoms with van der Waals surface area (Å²) in [4.78, 5) is 11.2. The van der Waals surface area contributed by atoms with Gasteiger partial charge >= 0.3 is 0 Å². The number of aryl methyl sites for hydroxylation is 1. The Morgan fingerprint density at radius 1 is 1.37 bits per heavy atom. The fraction of sp³-hybridized carbons (Fsp3) is 0.429. The lowest BCUT2D eigenvalue weighted by Gasteiger charge is -2.22. The second-order valence-corrected chi connectivity index (χ2v) is 7.85. The first kappa shape index (κ1) is 21.8. The molecule has 0 radical (unpaired) electrons. The van der Waals surface area contributed by atoms with Gasteiger partial charge in [-0.1, -0.05) is 42.7 Å². The molecule has 0 atom stereocenters. The first-order valence-corrected chi connectivity index (χ1v) is 10.4. The molecule has 0 saturated carbocycles. The summed E-state index contributed by atoms with van der Waals surface area (Å²) in [7, 11) is 3.95. The number of halogens is 1. The predicted molar refractivity (Wildman–Crippen MR) is 118 cm³/mol. The molecule has 0 aliphatic carbocycles. The molecule has 9 heteroatoms. The van der Waals surface area contributed by atoms with Crippen LogP contribution in [0.5, 0.6) is 0 Å². The first-order chi connectivity index (χ1) is 14.4. The second-order valence-electron chi connectivity index (χ2n) is 7.42. The zero-order valence-corrected chi connectivity index (χ0v) is 18.8. The monoisotopic (exact) mass is 429 g/mol. The Kier molecular flexibility index (Phi) is 7.10. The number of benzene rings is 1. The van der Waals surface area contributed by atoms with Crippen molar-refractivity contribution in [1.82, 2.24) is 30.1 Å². The SMILES string of the molecule is CCNC(=NCc1nc(-c2cccc(Cl)c2)no1)N(C)Cc1cn(C)nc1C(C)C. The first-order valence-electron chi connectivity index (χ1n) is 9.97. The fourth-order valence-corrected chi connectivity index (χ4v) is 3.36. The molecule has 0 saturated heterocycles. The Hall–Kier alpha value is -2.87. The smallest absolute Gasteiger partial charge is 0.248 e. The van der Waals surface area contributed by atoms with E-state index in [1.807, 2.05) is 43.9 Å². The van der Waals surface area contributed by atoms with Crippen molar-refractivity contribution in [1.29, 1.82) is 0 Å². The quantitative estimate of drug-likeness (QED) is 0.453. The third kappa shape index (κ3) is 5.38. The summed E-state index contributed by atoms with van der Waals surface area (Å²) in [5.41, 5.74) is 3.09. The maximum atomic E-state index is 6.04. The van der Waals surface area contributed by atoms with Gasteiger partial charge in [-0.2, -0.15) is 10.1 Å². The van der Waals surface area contributed by atoms with Crippen LogP contribution in [0.15, 0.2) is 40.0 Å². The molecule has 30 heavy (non-hydrogen) atoms. The molecule has 2 heterocycles. The highest BCUT2D eigenvalue weighted by atomic mass is 35.5. The standard InChI is InChI=1S/C21H28ClN7O/c1-6-23-21(28(4)12-16-13-29(5)26-19(16)14(2)3)24-11-18-25-20(27-30-18)15-8-7-9-17(22)10-15/h7-10,13-14H,6,11-12H2,1-5H3,(H,23,24). The molecule has 0 aliphatic heterocycles. The van der Waals surface area contributed by atoms with Crippen molar-refractivity contribution in [3.8, 4) is 11.4 Å². The molecule has 2 aromatic heterocycles. The third-order valence-corrected chi connectivity index (χ3v) is 4.74. The van der Waals surface area contributed by atoms with Crippen LogP contribution in [0, 0.1) is 0 Å². The average Bonchev–Trinajstić information content (AvgIpc) is 3.31. The van der Waals surface area contributed by atoms with Gasteiger partial charge in [-0.25, -0.2) is 4.99 Å². The van der Waals surface area contributed by atoms with Gasteiger partial charge in [0.1, 0.15) is 6.54 Å². The van der Waals surface area contributed by atoms with Crippen LogP contribution in [-0.4, -0.2) is 44.4 Å². The molecule has 0 fully saturated rings. The van der Waals surface area contributed by atoms with Crippen LogP contribution in [0.4, 0.5) is 0 Å². The van der Waals surface area contributed by atoms with Gasteiger partial charge in [0.05, 0.1) is 5.69 Å². The minimum Gasteiger partial charge on any atom is -0.357 e. The van der Waals surface area contributed by atoms with Crippen LogP contribution < -0.4 is 5.32 Å². The fourth-order valence-electron chi connectivity index (χ4n) is 3.17. The van der Waals surface area contributed by atoms with Crippen molar-refractivity contribution in [3.05, 3.63) is 52.6 Å². The van der Waals surface area contributed by atoms with E-state index in [4.69, 9.17) is 16.1 Å². The Bertz CT molecular complexity index is 1010. The number of hydrogen-bond donors (Lipinski definition) is 1. The van der Waals surface area contributed by atoms with Gasteiger partial charge in [0.25, 0.3) is 0 Å². The van der Waals surface area contributed by atoms with Crippen molar-refractivity contribution in [2.24, 2.45) is 12.0 Å². The summed E-state index contributed by atoms with van der Waals surface area (Å²) in [6, 6.07) is 7.36. The molecule has 1 aromatic carbocycles. The summed E-state index contributed by atoms with van der Waals surface area (Å²) in [6.07, 6.45) is 2.06. The van der Waals surface area contributed by atoms with Crippen LogP contribution in [0.2, 0.25) is 5.02 Å². The molecule has 3 rings (SSSR count). The number of nitrogens with zero attached hydrogens (tertiary/aromatic N) is 6. The molecule has 1 N–H and O–H groups in total. The van der Waals surface area contributed by atoms with E-state index in [9.17, 15) is 0 Å². The molecule has 3 aromatic rings. The topological polar surface area (TPSA) is 84.4 Å². The van der Waals surface area contributed by atoms with Crippen LogP contribution >= 0.6 is 11.6 Å². The van der Waals surface area contributed by atoms with E-state index >= 15 is 0 Å². The van der Waals surface area contributed by atoms with Crippen LogP contribution in [0.1, 0.15) is 43.8 Å². The van der Waals surface area contributed by atoms with Gasteiger partial charge < -0.3 is 14.7 Å². The van der Waals surface area contributed by atoms with E-state index in [2.05, 4.69) is 50.5 Å². The van der Waals surface area contributed by atoms with Crippen molar-refractivity contribution in [2.45, 2.75) is 39.8 Å². The molecule has 0 unspecified atom stereocenters. The summed E-state index contributed by atoms with van der Waals surface area (Å²) in [6.45, 7) is 8.08. The van der Waals surface area contributed by atoms with Crippen molar-refractivity contribution in [2.75, 3.05) is 13.6 Å². The highest BCUT2D eigenvalue weighted by molar-refractivity contribution is 6.30. The minimum absolute atomic E-state index is 0.282. The van der Waals surface area contributed by atoms with E-state index < -0.39 is 0 Å². The van der Waals surface area contributed by atoms with Gasteiger partial charge in [0.2, 0.25) is 11.7 Å². The Morgan fingerprint density at radius 2 is 2.17 bits per heavy atom.